The Balaban J connectivity index is 1.93. The van der Waals surface area contributed by atoms with E-state index >= 15 is 0 Å². The number of likely N-dealkylation sites (N-methyl/N-ethyl adjacent to an activating group) is 1. The van der Waals surface area contributed by atoms with E-state index < -0.39 is 0 Å². The Morgan fingerprint density at radius 2 is 1.45 bits per heavy atom. The molecule has 2 aromatic rings. The highest BCUT2D eigenvalue weighted by Crippen LogP contribution is 2.36. The first kappa shape index (κ1) is 20.9. The Morgan fingerprint density at radius 1 is 0.897 bits per heavy atom. The van der Waals surface area contributed by atoms with E-state index in [0.29, 0.717) is 12.5 Å². The maximum absolute atomic E-state index is 9.74. The van der Waals surface area contributed by atoms with Crippen molar-refractivity contribution in [2.24, 2.45) is 5.92 Å². The van der Waals surface area contributed by atoms with Crippen LogP contribution in [0.15, 0.2) is 78.4 Å². The van der Waals surface area contributed by atoms with Gasteiger partial charge < -0.3 is 14.3 Å². The summed E-state index contributed by atoms with van der Waals surface area (Å²) >= 11 is 0. The number of benzene rings is 2. The van der Waals surface area contributed by atoms with Crippen LogP contribution in [-0.2, 0) is 0 Å². The fourth-order valence-electron chi connectivity index (χ4n) is 3.56. The largest absolute Gasteiger partial charge is 0.508 e. The van der Waals surface area contributed by atoms with Gasteiger partial charge in [-0.2, -0.15) is 0 Å². The van der Waals surface area contributed by atoms with E-state index in [0.717, 1.165) is 28.8 Å². The summed E-state index contributed by atoms with van der Waals surface area (Å²) in [5.41, 5.74) is 4.89. The molecule has 152 valence electrons. The second-order valence-electron chi connectivity index (χ2n) is 8.48. The second-order valence-corrected chi connectivity index (χ2v) is 8.48. The van der Waals surface area contributed by atoms with Gasteiger partial charge in [-0.05, 0) is 47.4 Å². The third-order valence-corrected chi connectivity index (χ3v) is 5.18. The monoisotopic (exact) mass is 390 g/mol. The van der Waals surface area contributed by atoms with Crippen LogP contribution in [-0.4, -0.2) is 43.9 Å². The smallest absolute Gasteiger partial charge is 0.137 e. The van der Waals surface area contributed by atoms with Crippen LogP contribution >= 0.6 is 0 Å². The van der Waals surface area contributed by atoms with Gasteiger partial charge in [-0.1, -0.05) is 61.1 Å². The summed E-state index contributed by atoms with van der Waals surface area (Å²) in [7, 11) is 6.50. The predicted molar refractivity (Wildman–Crippen MR) is 121 cm³/mol. The highest BCUT2D eigenvalue weighted by Gasteiger charge is 2.17. The summed E-state index contributed by atoms with van der Waals surface area (Å²) in [5.74, 6) is 1.49. The average molecular weight is 391 g/mol. The van der Waals surface area contributed by atoms with Crippen molar-refractivity contribution in [1.82, 2.24) is 0 Å². The zero-order valence-corrected chi connectivity index (χ0v) is 17.9. The lowest BCUT2D eigenvalue weighted by atomic mass is 9.85. The Hall–Kier alpha value is -2.78. The van der Waals surface area contributed by atoms with Gasteiger partial charge in [-0.15, -0.1) is 0 Å². The molecule has 1 N–H and O–H groups in total. The molecule has 0 spiro atoms. The second kappa shape index (κ2) is 9.15. The van der Waals surface area contributed by atoms with Crippen molar-refractivity contribution in [3.63, 3.8) is 0 Å². The van der Waals surface area contributed by atoms with Gasteiger partial charge in [-0.25, -0.2) is 0 Å². The molecule has 0 saturated heterocycles. The molecule has 0 saturated carbocycles. The van der Waals surface area contributed by atoms with E-state index in [-0.39, 0.29) is 5.75 Å². The third-order valence-electron chi connectivity index (χ3n) is 5.18. The molecule has 3 nitrogen and oxygen atoms in total. The number of phenolic OH excluding ortho intramolecular Hbond substituents is 1. The topological polar surface area (TPSA) is 29.5 Å². The maximum Gasteiger partial charge on any atom is 0.137 e. The molecule has 0 fully saturated rings. The van der Waals surface area contributed by atoms with Crippen LogP contribution in [0.1, 0.15) is 24.5 Å². The molecule has 0 unspecified atom stereocenters. The SMILES string of the molecule is CC/C(=C(\c1ccc(O)cc1)c1ccc(OCC[N+](C)(C)C)cc1)C1C=CC=C1. The number of rotatable bonds is 8. The number of aromatic hydroxyl groups is 1. The number of hydrogen-bond donors (Lipinski definition) is 1. The minimum Gasteiger partial charge on any atom is -0.508 e. The standard InChI is InChI=1S/C26H31NO2/c1-5-25(20-8-6-7-9-20)26(21-10-14-23(28)15-11-21)22-12-16-24(17-13-22)29-19-18-27(2,3)4/h6-17,20H,5,18-19H2,1-4H3/p+1/b26-25-. The van der Waals surface area contributed by atoms with Gasteiger partial charge in [0, 0.05) is 5.92 Å². The Kier molecular flexibility index (Phi) is 6.60. The Morgan fingerprint density at radius 3 is 1.97 bits per heavy atom. The van der Waals surface area contributed by atoms with E-state index in [9.17, 15) is 5.11 Å². The number of phenols is 1. The van der Waals surface area contributed by atoms with E-state index in [2.05, 4.69) is 76.6 Å². The number of allylic oxidation sites excluding steroid dienone is 5. The molecule has 1 aliphatic rings. The summed E-state index contributed by atoms with van der Waals surface area (Å²) < 4.78 is 6.82. The molecule has 0 amide bonds. The van der Waals surface area contributed by atoms with Crippen LogP contribution in [0.3, 0.4) is 0 Å². The highest BCUT2D eigenvalue weighted by atomic mass is 16.5. The molecule has 0 aromatic heterocycles. The number of quaternary nitrogens is 1. The fraction of sp³-hybridized carbons (Fsp3) is 0.308. The molecule has 2 aromatic carbocycles. The molecule has 1 aliphatic carbocycles. The quantitative estimate of drug-likeness (QED) is 0.609. The lowest BCUT2D eigenvalue weighted by molar-refractivity contribution is -0.870. The average Bonchev–Trinajstić information content (AvgIpc) is 3.21. The molecular weight excluding hydrogens is 358 g/mol. The summed E-state index contributed by atoms with van der Waals surface area (Å²) in [5, 5.41) is 9.74. The molecule has 3 rings (SSSR count). The molecule has 0 atom stereocenters. The van der Waals surface area contributed by atoms with Crippen LogP contribution in [0.25, 0.3) is 5.57 Å². The summed E-state index contributed by atoms with van der Waals surface area (Å²) in [6, 6.07) is 15.9. The Bertz CT molecular complexity index is 885. The van der Waals surface area contributed by atoms with Gasteiger partial charge in [0.2, 0.25) is 0 Å². The normalized spacial score (nSPS) is 14.9. The molecule has 3 heteroatoms. The van der Waals surface area contributed by atoms with Crippen molar-refractivity contribution in [1.29, 1.82) is 0 Å². The van der Waals surface area contributed by atoms with Crippen molar-refractivity contribution < 1.29 is 14.3 Å². The number of hydrogen-bond acceptors (Lipinski definition) is 2. The van der Waals surface area contributed by atoms with Crippen LogP contribution in [0.2, 0.25) is 0 Å². The first-order valence-corrected chi connectivity index (χ1v) is 10.3. The van der Waals surface area contributed by atoms with E-state index in [1.54, 1.807) is 12.1 Å². The summed E-state index contributed by atoms with van der Waals surface area (Å²) in [4.78, 5) is 0. The maximum atomic E-state index is 9.74. The van der Waals surface area contributed by atoms with Crippen LogP contribution in [0, 0.1) is 5.92 Å². The first-order chi connectivity index (χ1) is 13.9. The number of ether oxygens (including phenoxy) is 1. The Labute approximate surface area is 174 Å². The molecule has 0 aliphatic heterocycles. The van der Waals surface area contributed by atoms with Crippen molar-refractivity contribution in [3.8, 4) is 11.5 Å². The van der Waals surface area contributed by atoms with Gasteiger partial charge in [-0.3, -0.25) is 0 Å². The van der Waals surface area contributed by atoms with Crippen LogP contribution in [0.5, 0.6) is 11.5 Å². The first-order valence-electron chi connectivity index (χ1n) is 10.3. The minimum atomic E-state index is 0.285. The predicted octanol–water partition coefficient (Wildman–Crippen LogP) is 5.43. The zero-order chi connectivity index (χ0) is 20.9. The number of nitrogens with zero attached hydrogens (tertiary/aromatic N) is 1. The molecular formula is C26H32NO2+. The van der Waals surface area contributed by atoms with Crippen LogP contribution < -0.4 is 4.74 Å². The van der Waals surface area contributed by atoms with Crippen LogP contribution in [0.4, 0.5) is 0 Å². The van der Waals surface area contributed by atoms with Crippen molar-refractivity contribution in [2.45, 2.75) is 13.3 Å². The van der Waals surface area contributed by atoms with E-state index in [4.69, 9.17) is 4.74 Å². The van der Waals surface area contributed by atoms with Gasteiger partial charge in [0.25, 0.3) is 0 Å². The molecule has 0 radical (unpaired) electrons. The highest BCUT2D eigenvalue weighted by molar-refractivity contribution is 5.83. The molecule has 29 heavy (non-hydrogen) atoms. The van der Waals surface area contributed by atoms with Gasteiger partial charge in [0.15, 0.2) is 0 Å². The van der Waals surface area contributed by atoms with E-state index in [1.807, 2.05) is 12.1 Å². The lowest BCUT2D eigenvalue weighted by Gasteiger charge is -2.23. The van der Waals surface area contributed by atoms with Crippen molar-refractivity contribution in [3.05, 3.63) is 89.5 Å². The molecule has 0 heterocycles. The van der Waals surface area contributed by atoms with Gasteiger partial charge in [0.05, 0.1) is 21.1 Å². The van der Waals surface area contributed by atoms with E-state index in [1.165, 1.54) is 16.7 Å². The third kappa shape index (κ3) is 5.61. The van der Waals surface area contributed by atoms with Gasteiger partial charge in [0.1, 0.15) is 24.7 Å². The van der Waals surface area contributed by atoms with Crippen molar-refractivity contribution in [2.75, 3.05) is 34.3 Å². The van der Waals surface area contributed by atoms with Crippen molar-refractivity contribution >= 4 is 5.57 Å². The lowest BCUT2D eigenvalue weighted by Crippen LogP contribution is -2.38. The summed E-state index contributed by atoms with van der Waals surface area (Å²) in [6.45, 7) is 3.86. The zero-order valence-electron chi connectivity index (χ0n) is 17.9. The summed E-state index contributed by atoms with van der Waals surface area (Å²) in [6.07, 6.45) is 9.65. The minimum absolute atomic E-state index is 0.285. The fourth-order valence-corrected chi connectivity index (χ4v) is 3.56. The molecule has 0 bridgehead atoms. The van der Waals surface area contributed by atoms with Gasteiger partial charge >= 0.3 is 0 Å².